The fourth-order valence-corrected chi connectivity index (χ4v) is 12.1. The molecule has 2 unspecified atom stereocenters. The third-order valence-electron chi connectivity index (χ3n) is 8.20. The predicted octanol–water partition coefficient (Wildman–Crippen LogP) is 6.97. The highest BCUT2D eigenvalue weighted by Gasteiger charge is 2.72. The van der Waals surface area contributed by atoms with Crippen molar-refractivity contribution in [3.05, 3.63) is 56.2 Å². The number of sulfone groups is 2. The number of hydrogen-bond donors (Lipinski definition) is 0. The second-order valence-electron chi connectivity index (χ2n) is 10.9. The molecule has 4 nitrogen and oxygen atoms in total. The average Bonchev–Trinajstić information content (AvgIpc) is 2.83. The number of benzene rings is 1. The zero-order valence-electron chi connectivity index (χ0n) is 20.3. The Labute approximate surface area is 228 Å². The van der Waals surface area contributed by atoms with Gasteiger partial charge >= 0.3 is 11.4 Å². The first-order valence-electron chi connectivity index (χ1n) is 11.8. The first-order chi connectivity index (χ1) is 18.9. The van der Waals surface area contributed by atoms with E-state index < -0.39 is 135 Å². The third-order valence-corrected chi connectivity index (χ3v) is 13.4. The maximum Gasteiger partial charge on any atom is 0.469 e. The Morgan fingerprint density at radius 3 is 1.74 bits per heavy atom. The van der Waals surface area contributed by atoms with Gasteiger partial charge in [0.1, 0.15) is 27.4 Å². The minimum absolute atomic E-state index is 0.131. The Balaban J connectivity index is 1.92. The van der Waals surface area contributed by atoms with Crippen molar-refractivity contribution in [1.29, 1.82) is 0 Å². The fourth-order valence-electron chi connectivity index (χ4n) is 6.93. The van der Waals surface area contributed by atoms with Crippen LogP contribution in [0.25, 0.3) is 5.83 Å². The lowest BCUT2D eigenvalue weighted by Crippen LogP contribution is -2.61. The molecule has 2 atom stereocenters. The van der Waals surface area contributed by atoms with Gasteiger partial charge in [-0.05, 0) is 60.6 Å². The Morgan fingerprint density at radius 2 is 1.26 bits per heavy atom. The van der Waals surface area contributed by atoms with Crippen LogP contribution in [0.3, 0.4) is 0 Å². The van der Waals surface area contributed by atoms with Crippen molar-refractivity contribution in [2.24, 2.45) is 11.8 Å². The van der Waals surface area contributed by atoms with Crippen molar-refractivity contribution in [1.82, 2.24) is 0 Å². The van der Waals surface area contributed by atoms with E-state index in [1.165, 1.54) is 0 Å². The van der Waals surface area contributed by atoms with E-state index in [9.17, 15) is 60.7 Å². The van der Waals surface area contributed by atoms with Crippen molar-refractivity contribution >= 4 is 25.5 Å². The minimum atomic E-state index is -7.94. The zero-order chi connectivity index (χ0) is 31.7. The highest BCUT2D eigenvalue weighted by molar-refractivity contribution is 8.15. The quantitative estimate of drug-likeness (QED) is 0.151. The minimum Gasteiger partial charge on any atom is -0.254 e. The summed E-state index contributed by atoms with van der Waals surface area (Å²) in [4.78, 5) is 0. The van der Waals surface area contributed by atoms with E-state index in [4.69, 9.17) is 0 Å². The van der Waals surface area contributed by atoms with Crippen molar-refractivity contribution in [3.63, 3.8) is 0 Å². The lowest BCUT2D eigenvalue weighted by atomic mass is 9.54. The van der Waals surface area contributed by atoms with E-state index in [2.05, 4.69) is 0 Å². The summed E-state index contributed by atoms with van der Waals surface area (Å²) in [6.45, 7) is 0. The van der Waals surface area contributed by atoms with Crippen molar-refractivity contribution in [2.45, 2.75) is 60.4 Å². The van der Waals surface area contributed by atoms with Crippen LogP contribution >= 0.6 is 0 Å². The lowest BCUT2D eigenvalue weighted by molar-refractivity contribution is -0.241. The van der Waals surface area contributed by atoms with Crippen LogP contribution in [0.5, 0.6) is 0 Å². The lowest BCUT2D eigenvalue weighted by Gasteiger charge is -2.58. The van der Waals surface area contributed by atoms with E-state index in [0.29, 0.717) is 0 Å². The van der Waals surface area contributed by atoms with Crippen LogP contribution < -0.4 is 0 Å². The Kier molecular flexibility index (Phi) is 6.51. The van der Waals surface area contributed by atoms with Crippen molar-refractivity contribution in [2.75, 3.05) is 0 Å². The molecular weight excluding hydrogens is 651 g/mol. The molecule has 1 aromatic carbocycles. The van der Waals surface area contributed by atoms with E-state index in [-0.39, 0.29) is 19.3 Å². The largest absolute Gasteiger partial charge is 0.469 e. The number of alkyl halides is 6. The van der Waals surface area contributed by atoms with Gasteiger partial charge in [0.2, 0.25) is 9.84 Å². The van der Waals surface area contributed by atoms with Gasteiger partial charge in [0.25, 0.3) is 0 Å². The van der Waals surface area contributed by atoms with Gasteiger partial charge in [0.05, 0.1) is 16.7 Å². The van der Waals surface area contributed by atoms with Gasteiger partial charge in [-0.25, -0.2) is 43.2 Å². The van der Waals surface area contributed by atoms with Gasteiger partial charge in [-0.15, -0.1) is 0 Å². The van der Waals surface area contributed by atoms with E-state index in [1.54, 1.807) is 0 Å². The van der Waals surface area contributed by atoms with Crippen LogP contribution in [-0.4, -0.2) is 38.7 Å². The van der Waals surface area contributed by atoms with Gasteiger partial charge in [-0.3, -0.25) is 8.78 Å². The maximum atomic E-state index is 15.7. The van der Waals surface area contributed by atoms with Crippen LogP contribution in [0.4, 0.5) is 57.1 Å². The monoisotopic (exact) mass is 665 g/mol. The molecule has 6 rings (SSSR count). The molecule has 0 spiro atoms. The molecule has 0 amide bonds. The Hall–Kier alpha value is -2.44. The summed E-state index contributed by atoms with van der Waals surface area (Å²) in [5, 5.41) is -7.17. The summed E-state index contributed by atoms with van der Waals surface area (Å²) in [5.74, 6) is -19.7. The number of fused-ring (bicyclic) bond motifs is 1. The van der Waals surface area contributed by atoms with Crippen LogP contribution in [0.1, 0.15) is 49.7 Å². The summed E-state index contributed by atoms with van der Waals surface area (Å²) >= 11 is 0. The van der Waals surface area contributed by atoms with E-state index >= 15 is 13.2 Å². The normalized spacial score (nSPS) is 31.1. The smallest absolute Gasteiger partial charge is 0.254 e. The highest BCUT2D eigenvalue weighted by atomic mass is 32.3. The topological polar surface area (TPSA) is 68.3 Å². The zero-order valence-corrected chi connectivity index (χ0v) is 21.9. The van der Waals surface area contributed by atoms with Crippen molar-refractivity contribution in [3.8, 4) is 0 Å². The van der Waals surface area contributed by atoms with Crippen LogP contribution in [0.2, 0.25) is 0 Å². The first-order valence-corrected chi connectivity index (χ1v) is 14.7. The standard InChI is InChI=1S/C23H14F13O4S2/c24-12-9-10(15(27)18(30)17(29)14(9)26)13(25)16(28)11(12)19(42(39,40)23(35,36)22(32,33)34)41(37,38)21-4-7-1-8(5-21)3-20(31,2-7)6-21/h7-8H,1-6H2/q-1/b19-11-. The van der Waals surface area contributed by atoms with Gasteiger partial charge in [0, 0.05) is 6.42 Å². The van der Waals surface area contributed by atoms with Gasteiger partial charge < -0.3 is 0 Å². The number of rotatable bonds is 4. The average molecular weight is 665 g/mol. The fraction of sp³-hybridized carbons (Fsp3) is 0.522. The van der Waals surface area contributed by atoms with Crippen LogP contribution in [0.15, 0.2) is 15.6 Å². The molecule has 4 saturated carbocycles. The summed E-state index contributed by atoms with van der Waals surface area (Å²) in [6.07, 6.45) is -13.6. The molecule has 4 fully saturated rings. The maximum absolute atomic E-state index is 15.7. The summed E-state index contributed by atoms with van der Waals surface area (Å²) in [5.41, 5.74) is -10.4. The predicted molar refractivity (Wildman–Crippen MR) is 116 cm³/mol. The molecule has 0 aromatic heterocycles. The van der Waals surface area contributed by atoms with E-state index in [0.717, 1.165) is 0 Å². The van der Waals surface area contributed by atoms with Gasteiger partial charge in [-0.1, -0.05) is 0 Å². The molecule has 0 saturated heterocycles. The van der Waals surface area contributed by atoms with Crippen LogP contribution in [-0.2, 0) is 19.7 Å². The number of halogens is 13. The van der Waals surface area contributed by atoms with Crippen molar-refractivity contribution < 1.29 is 73.9 Å². The molecule has 0 heterocycles. The second-order valence-corrected chi connectivity index (χ2v) is 15.4. The summed E-state index contributed by atoms with van der Waals surface area (Å²) in [7, 11) is -14.4. The second kappa shape index (κ2) is 8.81. The summed E-state index contributed by atoms with van der Waals surface area (Å²) in [6, 6.07) is 0. The SMILES string of the molecule is O=S(=O)(/C(=C1/C(F)=C(F)c2c(F)c(F)c(F)c(F)c2[C-]1F)S(=O)(=O)C(F)(F)C(F)(F)F)C12CC3CC(CC(F)(C3)C1)C2. The number of hydrogen-bond acceptors (Lipinski definition) is 4. The highest BCUT2D eigenvalue weighted by Crippen LogP contribution is 2.64. The Bertz CT molecular complexity index is 1680. The van der Waals surface area contributed by atoms with Gasteiger partial charge in [0.15, 0.2) is 21.5 Å². The number of allylic oxidation sites excluding steroid dienone is 2. The molecule has 19 heteroatoms. The van der Waals surface area contributed by atoms with Crippen LogP contribution in [0, 0.1) is 41.3 Å². The third kappa shape index (κ3) is 3.83. The molecule has 1 aromatic rings. The summed E-state index contributed by atoms with van der Waals surface area (Å²) < 4.78 is 234. The Morgan fingerprint density at radius 1 is 0.762 bits per heavy atom. The molecule has 4 bridgehead atoms. The van der Waals surface area contributed by atoms with Gasteiger partial charge in [-0.2, -0.15) is 22.0 Å². The molecule has 5 aliphatic carbocycles. The molecule has 0 aliphatic heterocycles. The molecule has 42 heavy (non-hydrogen) atoms. The molecular formula is C23H14F13O4S2-. The van der Waals surface area contributed by atoms with E-state index in [1.807, 2.05) is 0 Å². The molecule has 0 N–H and O–H groups in total. The molecule has 234 valence electrons. The first kappa shape index (κ1) is 31.0. The molecule has 5 aliphatic rings. The molecule has 0 radical (unpaired) electrons.